The van der Waals surface area contributed by atoms with Gasteiger partial charge in [0.25, 0.3) is 5.69 Å². The van der Waals surface area contributed by atoms with Crippen LogP contribution in [0.15, 0.2) is 46.5 Å². The molecule has 10 nitrogen and oxygen atoms in total. The van der Waals surface area contributed by atoms with Crippen LogP contribution in [0.1, 0.15) is 0 Å². The number of pyridine rings is 1. The third kappa shape index (κ3) is 5.92. The molecule has 1 amide bonds. The topological polar surface area (TPSA) is 126 Å². The van der Waals surface area contributed by atoms with Crippen molar-refractivity contribution in [2.24, 2.45) is 0 Å². The number of hydrogen-bond acceptors (Lipinski definition) is 8. The lowest BCUT2D eigenvalue weighted by Crippen LogP contribution is -2.47. The number of carbonyl (C=O) groups excluding carboxylic acids is 1. The highest BCUT2D eigenvalue weighted by Gasteiger charge is 2.27. The van der Waals surface area contributed by atoms with Crippen LogP contribution in [0.25, 0.3) is 0 Å². The fourth-order valence-electron chi connectivity index (χ4n) is 2.83. The average Bonchev–Trinajstić information content (AvgIpc) is 2.74. The van der Waals surface area contributed by atoms with E-state index < -0.39 is 14.9 Å². The molecule has 1 saturated heterocycles. The van der Waals surface area contributed by atoms with Crippen molar-refractivity contribution < 1.29 is 18.1 Å². The number of thioether (sulfide) groups is 1. The Labute approximate surface area is 188 Å². The molecule has 0 spiro atoms. The Balaban J connectivity index is 1.56. The summed E-state index contributed by atoms with van der Waals surface area (Å²) in [5, 5.41) is 13.9. The summed E-state index contributed by atoms with van der Waals surface area (Å²) < 4.78 is 26.9. The molecule has 1 fully saturated rings. The summed E-state index contributed by atoms with van der Waals surface area (Å²) in [5.41, 5.74) is 0.0904. The number of piperazine rings is 1. The molecule has 0 unspecified atom stereocenters. The molecule has 3 rings (SSSR count). The molecule has 0 atom stereocenters. The quantitative estimate of drug-likeness (QED) is 0.359. The highest BCUT2D eigenvalue weighted by Crippen LogP contribution is 2.27. The number of non-ortho nitro benzene ring substituents is 1. The number of nitro groups is 1. The first-order valence-corrected chi connectivity index (χ1v) is 12.0. The van der Waals surface area contributed by atoms with Crippen LogP contribution in [0.4, 0.5) is 11.4 Å². The third-order valence-electron chi connectivity index (χ3n) is 4.60. The first kappa shape index (κ1) is 23.4. The minimum atomic E-state index is -3.60. The first-order valence-electron chi connectivity index (χ1n) is 9.18. The molecule has 2 aromatic rings. The molecule has 0 saturated carbocycles. The van der Waals surface area contributed by atoms with Crippen molar-refractivity contribution in [1.82, 2.24) is 14.2 Å². The molecule has 0 aliphatic carbocycles. The van der Waals surface area contributed by atoms with E-state index in [2.05, 4.69) is 15.2 Å². The van der Waals surface area contributed by atoms with E-state index in [1.54, 1.807) is 6.07 Å². The van der Waals surface area contributed by atoms with Crippen LogP contribution in [0.5, 0.6) is 0 Å². The summed E-state index contributed by atoms with van der Waals surface area (Å²) >= 11 is 7.09. The van der Waals surface area contributed by atoms with E-state index >= 15 is 0 Å². The maximum absolute atomic E-state index is 12.7. The van der Waals surface area contributed by atoms with Crippen molar-refractivity contribution >= 4 is 50.7 Å². The predicted octanol–water partition coefficient (Wildman–Crippen LogP) is 2.31. The van der Waals surface area contributed by atoms with Gasteiger partial charge in [-0.15, -0.1) is 0 Å². The Morgan fingerprint density at radius 2 is 1.97 bits per heavy atom. The predicted molar refractivity (Wildman–Crippen MR) is 118 cm³/mol. The fourth-order valence-corrected chi connectivity index (χ4v) is 5.06. The lowest BCUT2D eigenvalue weighted by Gasteiger charge is -2.31. The summed E-state index contributed by atoms with van der Waals surface area (Å²) in [6.07, 6.45) is 1.29. The number of carbonyl (C=O) groups is 1. The SMILES string of the molecule is CN1CCN(S(=O)(=O)c2ccc(SCC(=O)Nc3ccc([N+](=O)[O-])cc3Cl)nc2)CC1. The number of rotatable bonds is 7. The standard InChI is InChI=1S/C18H20ClN5O5S2/c1-22-6-8-23(9-7-22)31(28,29)14-3-5-18(20-11-14)30-12-17(25)21-16-4-2-13(24(26)27)10-15(16)19/h2-5,10-11H,6-9,12H2,1H3,(H,21,25). The summed E-state index contributed by atoms with van der Waals surface area (Å²) in [7, 11) is -1.65. The molecule has 1 aliphatic rings. The molecule has 2 heterocycles. The van der Waals surface area contributed by atoms with Crippen LogP contribution >= 0.6 is 23.4 Å². The molecule has 13 heteroatoms. The van der Waals surface area contributed by atoms with Gasteiger partial charge in [-0.25, -0.2) is 13.4 Å². The van der Waals surface area contributed by atoms with Gasteiger partial charge in [-0.2, -0.15) is 4.31 Å². The minimum absolute atomic E-state index is 0.00483. The van der Waals surface area contributed by atoms with Crippen LogP contribution in [0, 0.1) is 10.1 Å². The zero-order valence-corrected chi connectivity index (χ0v) is 18.9. The van der Waals surface area contributed by atoms with Crippen LogP contribution in [0.2, 0.25) is 5.02 Å². The van der Waals surface area contributed by atoms with Crippen LogP contribution in [-0.4, -0.2) is 72.4 Å². The Bertz CT molecular complexity index is 1070. The number of halogens is 1. The fraction of sp³-hybridized carbons (Fsp3) is 0.333. The molecule has 1 N–H and O–H groups in total. The maximum Gasteiger partial charge on any atom is 0.271 e. The Kier molecular flexibility index (Phi) is 7.49. The summed E-state index contributed by atoms with van der Waals surface area (Å²) in [5.74, 6) is -0.373. The van der Waals surface area contributed by atoms with E-state index in [0.717, 1.165) is 17.8 Å². The van der Waals surface area contributed by atoms with E-state index in [4.69, 9.17) is 11.6 Å². The molecular weight excluding hydrogens is 466 g/mol. The monoisotopic (exact) mass is 485 g/mol. The summed E-state index contributed by atoms with van der Waals surface area (Å²) in [6.45, 7) is 2.21. The molecule has 1 aliphatic heterocycles. The molecule has 31 heavy (non-hydrogen) atoms. The van der Waals surface area contributed by atoms with Crippen LogP contribution < -0.4 is 5.32 Å². The zero-order chi connectivity index (χ0) is 22.6. The normalized spacial score (nSPS) is 15.5. The number of anilines is 1. The lowest BCUT2D eigenvalue weighted by atomic mass is 10.3. The van der Waals surface area contributed by atoms with Crippen LogP contribution in [0.3, 0.4) is 0 Å². The zero-order valence-electron chi connectivity index (χ0n) is 16.5. The van der Waals surface area contributed by atoms with Gasteiger partial charge in [0, 0.05) is 44.5 Å². The van der Waals surface area contributed by atoms with Gasteiger partial charge in [0.15, 0.2) is 0 Å². The van der Waals surface area contributed by atoms with Gasteiger partial charge in [-0.3, -0.25) is 14.9 Å². The number of aromatic nitrogens is 1. The molecule has 1 aromatic heterocycles. The molecule has 166 valence electrons. The van der Waals surface area contributed by atoms with Gasteiger partial charge in [-0.05, 0) is 25.2 Å². The van der Waals surface area contributed by atoms with E-state index in [-0.39, 0.29) is 33.0 Å². The average molecular weight is 486 g/mol. The molecule has 0 bridgehead atoms. The van der Waals surface area contributed by atoms with Gasteiger partial charge >= 0.3 is 0 Å². The van der Waals surface area contributed by atoms with Crippen molar-refractivity contribution in [1.29, 1.82) is 0 Å². The van der Waals surface area contributed by atoms with Gasteiger partial charge in [0.1, 0.15) is 4.90 Å². The molecule has 0 radical (unpaired) electrons. The van der Waals surface area contributed by atoms with Gasteiger partial charge < -0.3 is 10.2 Å². The second kappa shape index (κ2) is 9.92. The maximum atomic E-state index is 12.7. The number of amides is 1. The lowest BCUT2D eigenvalue weighted by molar-refractivity contribution is -0.384. The van der Waals surface area contributed by atoms with E-state index in [9.17, 15) is 23.3 Å². The van der Waals surface area contributed by atoms with Crippen molar-refractivity contribution in [3.8, 4) is 0 Å². The van der Waals surface area contributed by atoms with E-state index in [0.29, 0.717) is 31.2 Å². The van der Waals surface area contributed by atoms with Crippen molar-refractivity contribution in [3.05, 3.63) is 51.7 Å². The highest BCUT2D eigenvalue weighted by molar-refractivity contribution is 7.99. The van der Waals surface area contributed by atoms with Gasteiger partial charge in [-0.1, -0.05) is 23.4 Å². The number of benzene rings is 1. The Morgan fingerprint density at radius 1 is 1.26 bits per heavy atom. The van der Waals surface area contributed by atoms with Crippen molar-refractivity contribution in [3.63, 3.8) is 0 Å². The minimum Gasteiger partial charge on any atom is -0.324 e. The number of likely N-dealkylation sites (N-methyl/N-ethyl adjacent to an activating group) is 1. The number of hydrogen-bond donors (Lipinski definition) is 1. The Morgan fingerprint density at radius 3 is 2.55 bits per heavy atom. The smallest absolute Gasteiger partial charge is 0.271 e. The van der Waals surface area contributed by atoms with Gasteiger partial charge in [0.05, 0.1) is 26.4 Å². The molecule has 1 aromatic carbocycles. The number of nitrogens with one attached hydrogen (secondary N) is 1. The number of sulfonamides is 1. The van der Waals surface area contributed by atoms with Crippen LogP contribution in [-0.2, 0) is 14.8 Å². The third-order valence-corrected chi connectivity index (χ3v) is 7.74. The number of nitro benzene ring substituents is 1. The first-order chi connectivity index (χ1) is 14.7. The van der Waals surface area contributed by atoms with E-state index in [1.165, 1.54) is 28.7 Å². The number of nitrogens with zero attached hydrogens (tertiary/aromatic N) is 4. The van der Waals surface area contributed by atoms with Crippen molar-refractivity contribution in [2.75, 3.05) is 44.3 Å². The van der Waals surface area contributed by atoms with Gasteiger partial charge in [0.2, 0.25) is 15.9 Å². The highest BCUT2D eigenvalue weighted by atomic mass is 35.5. The second-order valence-corrected chi connectivity index (χ2v) is 10.1. The van der Waals surface area contributed by atoms with E-state index in [1.807, 2.05) is 7.05 Å². The summed E-state index contributed by atoms with van der Waals surface area (Å²) in [4.78, 5) is 28.7. The largest absolute Gasteiger partial charge is 0.324 e. The summed E-state index contributed by atoms with van der Waals surface area (Å²) in [6, 6.07) is 6.80. The molecular formula is C18H20ClN5O5S2. The Hall–Kier alpha value is -2.25. The second-order valence-electron chi connectivity index (χ2n) is 6.80. The van der Waals surface area contributed by atoms with Crippen molar-refractivity contribution in [2.45, 2.75) is 9.92 Å².